The van der Waals surface area contributed by atoms with Crippen LogP contribution in [0.15, 0.2) is 9.88 Å². The quantitative estimate of drug-likeness (QED) is 0.626. The predicted octanol–water partition coefficient (Wildman–Crippen LogP) is 4.94. The van der Waals surface area contributed by atoms with Crippen LogP contribution in [-0.4, -0.2) is 20.7 Å². The van der Waals surface area contributed by atoms with Crippen molar-refractivity contribution in [3.05, 3.63) is 9.88 Å². The molecule has 0 aliphatic heterocycles. The normalized spacial score (nSPS) is 19.4. The molecule has 1 saturated carbocycles. The van der Waals surface area contributed by atoms with Crippen molar-refractivity contribution in [2.45, 2.75) is 58.2 Å². The van der Waals surface area contributed by atoms with Crippen LogP contribution < -0.4 is 0 Å². The molecule has 0 aromatic carbocycles. The van der Waals surface area contributed by atoms with Gasteiger partial charge in [-0.1, -0.05) is 0 Å². The average molecular weight is 305 g/mol. The molecule has 2 heteroatoms. The van der Waals surface area contributed by atoms with Crippen LogP contribution in [-0.2, 0) is 0 Å². The first-order valence-corrected chi connectivity index (χ1v) is 9.75. The first-order chi connectivity index (χ1) is 7.72. The van der Waals surface area contributed by atoms with Crippen LogP contribution in [0.5, 0.6) is 0 Å². The van der Waals surface area contributed by atoms with Crippen LogP contribution in [0.4, 0.5) is 0 Å². The molecule has 0 aromatic heterocycles. The van der Waals surface area contributed by atoms with Gasteiger partial charge in [-0.2, -0.15) is 0 Å². The fourth-order valence-corrected chi connectivity index (χ4v) is 5.95. The number of allylic oxidation sites excluding steroid dienone is 1. The summed E-state index contributed by atoms with van der Waals surface area (Å²) in [5.41, 5.74) is 0. The van der Waals surface area contributed by atoms with E-state index in [1.807, 2.05) is 0 Å². The molecule has 1 rings (SSSR count). The van der Waals surface area contributed by atoms with Crippen molar-refractivity contribution in [1.82, 2.24) is 0 Å². The van der Waals surface area contributed by atoms with Gasteiger partial charge in [0.05, 0.1) is 0 Å². The molecule has 0 unspecified atom stereocenters. The Balaban J connectivity index is 2.42. The van der Waals surface area contributed by atoms with Crippen LogP contribution in [0.25, 0.3) is 0 Å². The molecule has 94 valence electrons. The van der Waals surface area contributed by atoms with Gasteiger partial charge in [-0.3, -0.25) is 0 Å². The summed E-state index contributed by atoms with van der Waals surface area (Å²) in [5, 5.41) is 1.42. The molecule has 0 atom stereocenters. The Hall–Kier alpha value is 0.609. The molecule has 16 heavy (non-hydrogen) atoms. The first-order valence-electron chi connectivity index (χ1n) is 6.69. The predicted molar refractivity (Wildman–Crippen MR) is 78.2 cm³/mol. The maximum absolute atomic E-state index is 2.63. The summed E-state index contributed by atoms with van der Waals surface area (Å²) in [7, 11) is 0. The molecular weight excluding hydrogens is 279 g/mol. The van der Waals surface area contributed by atoms with Gasteiger partial charge in [-0.05, 0) is 0 Å². The molecule has 0 radical (unpaired) electrons. The number of rotatable bonds is 6. The Morgan fingerprint density at radius 1 is 1.31 bits per heavy atom. The molecular formula is C14H26SSe. The van der Waals surface area contributed by atoms with Gasteiger partial charge in [0, 0.05) is 0 Å². The van der Waals surface area contributed by atoms with Gasteiger partial charge in [0.15, 0.2) is 0 Å². The van der Waals surface area contributed by atoms with Crippen molar-refractivity contribution in [1.29, 1.82) is 0 Å². The fourth-order valence-electron chi connectivity index (χ4n) is 2.02. The minimum atomic E-state index is 0.742. The molecule has 1 aliphatic carbocycles. The van der Waals surface area contributed by atoms with Gasteiger partial charge < -0.3 is 0 Å². The van der Waals surface area contributed by atoms with E-state index in [9.17, 15) is 0 Å². The van der Waals surface area contributed by atoms with Gasteiger partial charge in [0.25, 0.3) is 0 Å². The standard InChI is InChI=1S/C14H26SSe/c1-4-15-14(16-11-12(2)3)10-13-8-6-5-7-9-13/h10,12-13H,4-9,11H2,1-3H3/b14-10+. The van der Waals surface area contributed by atoms with E-state index in [0.717, 1.165) is 26.8 Å². The fraction of sp³-hybridized carbons (Fsp3) is 0.857. The molecule has 0 bridgehead atoms. The van der Waals surface area contributed by atoms with Crippen molar-refractivity contribution in [2.75, 3.05) is 5.75 Å². The van der Waals surface area contributed by atoms with E-state index in [0.29, 0.717) is 0 Å². The Labute approximate surface area is 112 Å². The summed E-state index contributed by atoms with van der Waals surface area (Å²) in [6.45, 7) is 6.97. The van der Waals surface area contributed by atoms with Crippen molar-refractivity contribution >= 4 is 26.7 Å². The third kappa shape index (κ3) is 6.37. The van der Waals surface area contributed by atoms with Crippen molar-refractivity contribution in [3.8, 4) is 0 Å². The monoisotopic (exact) mass is 306 g/mol. The van der Waals surface area contributed by atoms with E-state index < -0.39 is 0 Å². The van der Waals surface area contributed by atoms with Crippen molar-refractivity contribution in [2.24, 2.45) is 11.8 Å². The van der Waals surface area contributed by atoms with Crippen LogP contribution in [0.1, 0.15) is 52.9 Å². The summed E-state index contributed by atoms with van der Waals surface area (Å²) in [6, 6.07) is 0. The van der Waals surface area contributed by atoms with Crippen LogP contribution in [0.2, 0.25) is 5.32 Å². The summed E-state index contributed by atoms with van der Waals surface area (Å²) in [4.78, 5) is 0. The zero-order valence-corrected chi connectivity index (χ0v) is 13.5. The molecule has 0 amide bonds. The van der Waals surface area contributed by atoms with E-state index in [2.05, 4.69) is 38.6 Å². The summed E-state index contributed by atoms with van der Waals surface area (Å²) >= 11 is 2.84. The van der Waals surface area contributed by atoms with Gasteiger partial charge in [-0.15, -0.1) is 0 Å². The molecule has 0 spiro atoms. The number of hydrogen-bond acceptors (Lipinski definition) is 1. The average Bonchev–Trinajstić information content (AvgIpc) is 2.27. The van der Waals surface area contributed by atoms with Gasteiger partial charge in [-0.25, -0.2) is 0 Å². The molecule has 0 aromatic rings. The van der Waals surface area contributed by atoms with E-state index in [1.165, 1.54) is 43.2 Å². The second-order valence-corrected chi connectivity index (χ2v) is 9.14. The van der Waals surface area contributed by atoms with E-state index >= 15 is 0 Å². The molecule has 0 heterocycles. The van der Waals surface area contributed by atoms with Crippen molar-refractivity contribution in [3.63, 3.8) is 0 Å². The zero-order valence-electron chi connectivity index (χ0n) is 11.0. The molecule has 1 aliphatic rings. The van der Waals surface area contributed by atoms with Gasteiger partial charge in [0.2, 0.25) is 0 Å². The summed E-state index contributed by atoms with van der Waals surface area (Å²) in [5.74, 6) is 3.03. The maximum atomic E-state index is 2.63. The first kappa shape index (κ1) is 14.7. The Morgan fingerprint density at radius 3 is 2.56 bits per heavy atom. The Morgan fingerprint density at radius 2 is 2.00 bits per heavy atom. The summed E-state index contributed by atoms with van der Waals surface area (Å²) in [6.07, 6.45) is 9.93. The minimum absolute atomic E-state index is 0.742. The third-order valence-corrected chi connectivity index (χ3v) is 7.56. The molecule has 0 N–H and O–H groups in total. The number of hydrogen-bond donors (Lipinski definition) is 0. The zero-order chi connectivity index (χ0) is 11.8. The topological polar surface area (TPSA) is 0 Å². The molecule has 0 saturated heterocycles. The van der Waals surface area contributed by atoms with Gasteiger partial charge >= 0.3 is 112 Å². The van der Waals surface area contributed by atoms with Gasteiger partial charge in [0.1, 0.15) is 0 Å². The third-order valence-electron chi connectivity index (χ3n) is 2.87. The van der Waals surface area contributed by atoms with E-state index in [-0.39, 0.29) is 0 Å². The Kier molecular flexibility index (Phi) is 7.94. The van der Waals surface area contributed by atoms with E-state index in [4.69, 9.17) is 0 Å². The number of thioether (sulfide) groups is 1. The Bertz CT molecular complexity index is 205. The SMILES string of the molecule is CCS/C(=C\C1CCCCC1)[Se]CC(C)C. The van der Waals surface area contributed by atoms with Crippen LogP contribution in [0, 0.1) is 11.8 Å². The van der Waals surface area contributed by atoms with Crippen LogP contribution >= 0.6 is 11.8 Å². The van der Waals surface area contributed by atoms with Crippen molar-refractivity contribution < 1.29 is 0 Å². The van der Waals surface area contributed by atoms with Crippen LogP contribution in [0.3, 0.4) is 0 Å². The molecule has 0 nitrogen and oxygen atoms in total. The molecule has 1 fully saturated rings. The summed E-state index contributed by atoms with van der Waals surface area (Å²) < 4.78 is 1.73. The van der Waals surface area contributed by atoms with E-state index in [1.54, 1.807) is 3.80 Å². The second kappa shape index (κ2) is 8.66. The second-order valence-electron chi connectivity index (χ2n) is 5.02.